The average molecular weight is 290 g/mol. The van der Waals surface area contributed by atoms with Crippen LogP contribution in [0, 0.1) is 0 Å². The van der Waals surface area contributed by atoms with Gasteiger partial charge in [-0.2, -0.15) is 21.2 Å². The Morgan fingerprint density at radius 3 is 2.94 bits per heavy atom. The molecule has 0 saturated carbocycles. The summed E-state index contributed by atoms with van der Waals surface area (Å²) in [5.41, 5.74) is 6.06. The van der Waals surface area contributed by atoms with Crippen LogP contribution >= 0.6 is 11.8 Å². The number of hydrogen-bond acceptors (Lipinski definition) is 5. The number of nitrogens with zero attached hydrogens (tertiary/aromatic N) is 2. The average Bonchev–Trinajstić information content (AvgIpc) is 2.76. The van der Waals surface area contributed by atoms with E-state index in [9.17, 15) is 8.42 Å². The predicted molar refractivity (Wildman–Crippen MR) is 71.8 cm³/mol. The van der Waals surface area contributed by atoms with Crippen LogP contribution in [0.3, 0.4) is 0 Å². The molecule has 1 aliphatic rings. The van der Waals surface area contributed by atoms with Crippen LogP contribution in [0.1, 0.15) is 19.4 Å². The van der Waals surface area contributed by atoms with Gasteiger partial charge in [-0.1, -0.05) is 0 Å². The Kier molecular flexibility index (Phi) is 3.72. The van der Waals surface area contributed by atoms with E-state index in [1.54, 1.807) is 11.8 Å². The summed E-state index contributed by atoms with van der Waals surface area (Å²) in [6, 6.07) is 0. The van der Waals surface area contributed by atoms with Crippen molar-refractivity contribution in [2.24, 2.45) is 5.73 Å². The molecule has 1 aromatic heterocycles. The van der Waals surface area contributed by atoms with Gasteiger partial charge < -0.3 is 5.73 Å². The summed E-state index contributed by atoms with van der Waals surface area (Å²) in [6.45, 7) is 5.30. The van der Waals surface area contributed by atoms with Crippen LogP contribution in [0.15, 0.2) is 11.2 Å². The van der Waals surface area contributed by atoms with Crippen LogP contribution in [-0.2, 0) is 16.6 Å². The standard InChI is InChI=1S/C10H18N4O2S2/c1-10(2)7-14(3-4-17-10)18(15,16)9-8(5-11)6-12-13-9/h6H,3-5,7,11H2,1-2H3,(H,12,13). The third kappa shape index (κ3) is 2.56. The van der Waals surface area contributed by atoms with Crippen LogP contribution in [-0.4, -0.2) is 46.5 Å². The summed E-state index contributed by atoms with van der Waals surface area (Å²) in [5, 5.41) is 6.46. The minimum Gasteiger partial charge on any atom is -0.326 e. The van der Waals surface area contributed by atoms with Gasteiger partial charge in [0.25, 0.3) is 10.0 Å². The first kappa shape index (κ1) is 13.9. The van der Waals surface area contributed by atoms with Gasteiger partial charge in [0.2, 0.25) is 0 Å². The van der Waals surface area contributed by atoms with Gasteiger partial charge in [-0.3, -0.25) is 5.10 Å². The smallest absolute Gasteiger partial charge is 0.260 e. The van der Waals surface area contributed by atoms with Crippen molar-refractivity contribution in [2.45, 2.75) is 30.2 Å². The molecular weight excluding hydrogens is 272 g/mol. The Morgan fingerprint density at radius 2 is 2.33 bits per heavy atom. The zero-order chi connectivity index (χ0) is 13.4. The normalized spacial score (nSPS) is 21.1. The van der Waals surface area contributed by atoms with Gasteiger partial charge in [0.05, 0.1) is 6.20 Å². The lowest BCUT2D eigenvalue weighted by Crippen LogP contribution is -2.46. The molecule has 0 amide bonds. The van der Waals surface area contributed by atoms with Crippen LogP contribution in [0.4, 0.5) is 0 Å². The highest BCUT2D eigenvalue weighted by Crippen LogP contribution is 2.32. The minimum atomic E-state index is -3.51. The zero-order valence-electron chi connectivity index (χ0n) is 10.5. The highest BCUT2D eigenvalue weighted by atomic mass is 32.2. The molecule has 1 saturated heterocycles. The molecule has 1 aliphatic heterocycles. The van der Waals surface area contributed by atoms with E-state index in [0.717, 1.165) is 5.75 Å². The van der Waals surface area contributed by atoms with Crippen molar-refractivity contribution >= 4 is 21.8 Å². The van der Waals surface area contributed by atoms with E-state index >= 15 is 0 Å². The monoisotopic (exact) mass is 290 g/mol. The molecular formula is C10H18N4O2S2. The van der Waals surface area contributed by atoms with Crippen molar-refractivity contribution in [3.8, 4) is 0 Å². The van der Waals surface area contributed by atoms with E-state index in [4.69, 9.17) is 5.73 Å². The van der Waals surface area contributed by atoms with Gasteiger partial charge in [0.15, 0.2) is 5.03 Å². The fourth-order valence-corrected chi connectivity index (χ4v) is 5.00. The van der Waals surface area contributed by atoms with Crippen LogP contribution in [0.2, 0.25) is 0 Å². The molecule has 3 N–H and O–H groups in total. The number of H-pyrrole nitrogens is 1. The summed E-state index contributed by atoms with van der Waals surface area (Å²) in [4.78, 5) is 0. The third-order valence-corrected chi connectivity index (χ3v) is 6.04. The Hall–Kier alpha value is -0.570. The summed E-state index contributed by atoms with van der Waals surface area (Å²) in [7, 11) is -3.51. The fourth-order valence-electron chi connectivity index (χ4n) is 1.98. The number of rotatable bonds is 3. The van der Waals surface area contributed by atoms with Crippen molar-refractivity contribution in [1.82, 2.24) is 14.5 Å². The lowest BCUT2D eigenvalue weighted by molar-refractivity contribution is 0.385. The molecule has 0 aromatic carbocycles. The second-order valence-electron chi connectivity index (χ2n) is 4.88. The SMILES string of the molecule is CC1(C)CN(S(=O)(=O)c2[nH]ncc2CN)CCS1. The molecule has 0 aliphatic carbocycles. The number of sulfonamides is 1. The number of aromatic amines is 1. The molecule has 0 bridgehead atoms. The van der Waals surface area contributed by atoms with Crippen molar-refractivity contribution in [3.05, 3.63) is 11.8 Å². The van der Waals surface area contributed by atoms with Crippen molar-refractivity contribution < 1.29 is 8.42 Å². The molecule has 0 atom stereocenters. The van der Waals surface area contributed by atoms with Crippen LogP contribution < -0.4 is 5.73 Å². The van der Waals surface area contributed by atoms with Gasteiger partial charge in [-0.15, -0.1) is 0 Å². The van der Waals surface area contributed by atoms with Gasteiger partial charge in [-0.25, -0.2) is 8.42 Å². The maximum atomic E-state index is 12.5. The van der Waals surface area contributed by atoms with E-state index in [1.165, 1.54) is 10.5 Å². The fraction of sp³-hybridized carbons (Fsp3) is 0.700. The van der Waals surface area contributed by atoms with Crippen LogP contribution in [0.25, 0.3) is 0 Å². The van der Waals surface area contributed by atoms with E-state index < -0.39 is 10.0 Å². The van der Waals surface area contributed by atoms with Crippen molar-refractivity contribution in [1.29, 1.82) is 0 Å². The summed E-state index contributed by atoms with van der Waals surface area (Å²) in [5.74, 6) is 0.804. The van der Waals surface area contributed by atoms with Gasteiger partial charge in [0, 0.05) is 35.7 Å². The summed E-state index contributed by atoms with van der Waals surface area (Å²) >= 11 is 1.79. The lowest BCUT2D eigenvalue weighted by atomic mass is 10.2. The molecule has 1 aromatic rings. The molecule has 0 radical (unpaired) electrons. The predicted octanol–water partition coefficient (Wildman–Crippen LogP) is 0.385. The van der Waals surface area contributed by atoms with E-state index in [1.807, 2.05) is 0 Å². The molecule has 1 fully saturated rings. The topological polar surface area (TPSA) is 92.1 Å². The number of nitrogens with one attached hydrogen (secondary N) is 1. The maximum Gasteiger partial charge on any atom is 0.260 e. The van der Waals surface area contributed by atoms with Crippen molar-refractivity contribution in [2.75, 3.05) is 18.8 Å². The first-order chi connectivity index (χ1) is 8.37. The Bertz CT molecular complexity index is 524. The molecule has 8 heteroatoms. The minimum absolute atomic E-state index is 0.0613. The highest BCUT2D eigenvalue weighted by molar-refractivity contribution is 8.00. The van der Waals surface area contributed by atoms with Crippen LogP contribution in [0.5, 0.6) is 0 Å². The second kappa shape index (κ2) is 4.84. The highest BCUT2D eigenvalue weighted by Gasteiger charge is 2.36. The van der Waals surface area contributed by atoms with Gasteiger partial charge in [-0.05, 0) is 13.8 Å². The molecule has 2 heterocycles. The van der Waals surface area contributed by atoms with E-state index in [0.29, 0.717) is 18.7 Å². The number of aromatic nitrogens is 2. The lowest BCUT2D eigenvalue weighted by Gasteiger charge is -2.36. The first-order valence-corrected chi connectivity index (χ1v) is 8.16. The third-order valence-electron chi connectivity index (χ3n) is 2.89. The van der Waals surface area contributed by atoms with Crippen molar-refractivity contribution in [3.63, 3.8) is 0 Å². The molecule has 18 heavy (non-hydrogen) atoms. The maximum absolute atomic E-state index is 12.5. The second-order valence-corrected chi connectivity index (χ2v) is 8.55. The number of thioether (sulfide) groups is 1. The van der Waals surface area contributed by atoms with E-state index in [-0.39, 0.29) is 16.3 Å². The largest absolute Gasteiger partial charge is 0.326 e. The first-order valence-electron chi connectivity index (χ1n) is 5.73. The summed E-state index contributed by atoms with van der Waals surface area (Å²) < 4.78 is 26.5. The zero-order valence-corrected chi connectivity index (χ0v) is 12.1. The molecule has 6 nitrogen and oxygen atoms in total. The molecule has 2 rings (SSSR count). The number of hydrogen-bond donors (Lipinski definition) is 2. The van der Waals surface area contributed by atoms with Gasteiger partial charge >= 0.3 is 0 Å². The molecule has 0 spiro atoms. The Morgan fingerprint density at radius 1 is 1.61 bits per heavy atom. The van der Waals surface area contributed by atoms with Gasteiger partial charge in [0.1, 0.15) is 0 Å². The Balaban J connectivity index is 2.32. The molecule has 102 valence electrons. The summed E-state index contributed by atoms with van der Waals surface area (Å²) in [6.07, 6.45) is 1.47. The quantitative estimate of drug-likeness (QED) is 0.840. The number of nitrogens with two attached hydrogens (primary N) is 1. The molecule has 0 unspecified atom stereocenters. The Labute approximate surface area is 111 Å². The van der Waals surface area contributed by atoms with E-state index in [2.05, 4.69) is 24.0 Å².